The van der Waals surface area contributed by atoms with Crippen LogP contribution in [-0.4, -0.2) is 174 Å². The molecule has 0 bridgehead atoms. The van der Waals surface area contributed by atoms with Crippen LogP contribution in [0.15, 0.2) is 11.6 Å². The first-order valence-corrected chi connectivity index (χ1v) is 30.9. The van der Waals surface area contributed by atoms with Gasteiger partial charge in [-0.15, -0.1) is 0 Å². The highest BCUT2D eigenvalue weighted by Gasteiger charge is 2.71. The lowest BCUT2D eigenvalue weighted by molar-refractivity contribution is -0.369. The summed E-state index contributed by atoms with van der Waals surface area (Å²) in [6.07, 6.45) is -12.0. The van der Waals surface area contributed by atoms with E-state index in [0.29, 0.717) is 44.9 Å². The molecule has 0 radical (unpaired) electrons. The number of ether oxygens (including phenoxy) is 7. The number of hydrogen-bond donors (Lipinski definition) is 8. The van der Waals surface area contributed by atoms with E-state index in [1.54, 1.807) is 0 Å². The van der Waals surface area contributed by atoms with Gasteiger partial charge in [-0.05, 0) is 140 Å². The number of amides is 3. The number of aliphatic hydroxyl groups excluding tert-OH is 5. The Balaban J connectivity index is 1.19. The van der Waals surface area contributed by atoms with Gasteiger partial charge in [0.05, 0.1) is 27.4 Å². The highest BCUT2D eigenvalue weighted by molar-refractivity contribution is 5.96. The Morgan fingerprint density at radius 2 is 1.07 bits per heavy atom. The number of aliphatic hydroxyl groups is 5. The number of fused-ring (bicyclic) bond motifs is 7. The molecule has 22 atom stereocenters. The topological polar surface area (TPSA) is 321 Å². The van der Waals surface area contributed by atoms with E-state index in [0.717, 1.165) is 31.9 Å². The fraction of sp³-hybridized carbons (Fsp3) is 0.857. The Labute approximate surface area is 501 Å². The van der Waals surface area contributed by atoms with E-state index in [1.807, 2.05) is 68.4 Å². The number of methoxy groups -OCH3 is 3. The molecule has 7 aliphatic rings. The molecule has 2 saturated heterocycles. The van der Waals surface area contributed by atoms with Crippen molar-refractivity contribution in [3.63, 3.8) is 0 Å². The van der Waals surface area contributed by atoms with Gasteiger partial charge in [-0.25, -0.2) is 14.4 Å². The molecule has 8 N–H and O–H groups in total. The molecule has 0 aromatic heterocycles. The Bertz CT molecular complexity index is 2520. The van der Waals surface area contributed by atoms with Gasteiger partial charge in [0, 0.05) is 11.3 Å². The molecule has 7 rings (SSSR count). The second-order valence-corrected chi connectivity index (χ2v) is 29.2. The average molecular weight is 1200 g/mol. The maximum Gasteiger partial charge on any atom is 0.328 e. The maximum atomic E-state index is 15.5. The van der Waals surface area contributed by atoms with Gasteiger partial charge in [-0.3, -0.25) is 19.2 Å². The number of esters is 3. The summed E-state index contributed by atoms with van der Waals surface area (Å²) in [7, 11) is 3.64. The van der Waals surface area contributed by atoms with Crippen LogP contribution < -0.4 is 16.0 Å². The Hall–Kier alpha value is -4.13. The van der Waals surface area contributed by atoms with Crippen LogP contribution in [0.5, 0.6) is 0 Å². The third kappa shape index (κ3) is 12.9. The number of allylic oxidation sites excluding steroid dienone is 2. The van der Waals surface area contributed by atoms with Gasteiger partial charge in [0.2, 0.25) is 5.91 Å². The molecule has 85 heavy (non-hydrogen) atoms. The largest absolute Gasteiger partial charge is 0.467 e. The zero-order chi connectivity index (χ0) is 63.4. The number of nitrogens with one attached hydrogen (secondary N) is 3. The number of rotatable bonds is 19. The van der Waals surface area contributed by atoms with E-state index in [4.69, 9.17) is 33.2 Å². The van der Waals surface area contributed by atoms with Crippen LogP contribution in [0.1, 0.15) is 167 Å². The summed E-state index contributed by atoms with van der Waals surface area (Å²) in [6, 6.07) is -3.13. The molecule has 3 amide bonds. The quantitative estimate of drug-likeness (QED) is 0.0513. The van der Waals surface area contributed by atoms with Gasteiger partial charge >= 0.3 is 17.9 Å². The van der Waals surface area contributed by atoms with E-state index < -0.39 is 148 Å². The van der Waals surface area contributed by atoms with Crippen molar-refractivity contribution in [3.8, 4) is 0 Å². The third-order valence-corrected chi connectivity index (χ3v) is 21.8. The second-order valence-electron chi connectivity index (χ2n) is 29.2. The second kappa shape index (κ2) is 25.8. The fourth-order valence-corrected chi connectivity index (χ4v) is 16.7. The molecule has 482 valence electrons. The van der Waals surface area contributed by atoms with Gasteiger partial charge in [-0.2, -0.15) is 0 Å². The van der Waals surface area contributed by atoms with Crippen LogP contribution >= 0.6 is 0 Å². The molecule has 22 heteroatoms. The summed E-state index contributed by atoms with van der Waals surface area (Å²) in [5, 5.41) is 65.8. The molecule has 0 spiro atoms. The zero-order valence-electron chi connectivity index (χ0n) is 53.1. The molecular weight excluding hydrogens is 1100 g/mol. The van der Waals surface area contributed by atoms with Crippen molar-refractivity contribution >= 4 is 41.4 Å². The first-order chi connectivity index (χ1) is 39.5. The normalized spacial score (nSPS) is 40.7. The number of hydrogen-bond acceptors (Lipinski definition) is 19. The van der Waals surface area contributed by atoms with E-state index in [-0.39, 0.29) is 59.5 Å². The summed E-state index contributed by atoms with van der Waals surface area (Å²) in [5.74, 6) is -4.92. The van der Waals surface area contributed by atoms with Crippen LogP contribution in [0.25, 0.3) is 0 Å². The third-order valence-electron chi connectivity index (χ3n) is 21.8. The summed E-state index contributed by atoms with van der Waals surface area (Å²) < 4.78 is 40.4. The number of ketones is 1. The predicted octanol–water partition coefficient (Wildman–Crippen LogP) is 4.10. The predicted molar refractivity (Wildman–Crippen MR) is 307 cm³/mol. The maximum absolute atomic E-state index is 15.5. The summed E-state index contributed by atoms with van der Waals surface area (Å²) >= 11 is 0. The molecular formula is C63H101N3O19. The molecule has 4 saturated carbocycles. The standard InChI is InChI=1S/C63H101N3O19/c1-30(2)25-35(52(75)79-14)64-50(73)46-42(69)41(68)45(72)55(83-46)85-48-44(71)43(70)47(51(74)65-36(26-31(3)4)53(76)80-15)84-56(48)82-40-18-19-61(11)39(58(40,7)8)17-20-63(13)49(61)38(67)28-33-34-29-60(10,22-21-59(34,9)23-24-62(33,63)12)57(78)66-37(27-32(5)6)54(77)81-16/h28,30-32,34-37,39-49,55-56,68-72H,17-27,29H2,1-16H3,(H,64,73)(H,65,74)(H,66,78)/t34?,35-,36-,37-,39?,40?,41?,42?,43?,44?,45?,46?,47?,48?,49?,55?,56?,59-,60+,61+,62-,63-/m1/s1. The summed E-state index contributed by atoms with van der Waals surface area (Å²) in [6.45, 7) is 26.4. The molecule has 0 aromatic carbocycles. The Morgan fingerprint density at radius 3 is 1.58 bits per heavy atom. The molecule has 2 aliphatic heterocycles. The molecule has 2 heterocycles. The van der Waals surface area contributed by atoms with Crippen molar-refractivity contribution in [1.82, 2.24) is 16.0 Å². The van der Waals surface area contributed by atoms with Crippen LogP contribution in [0, 0.1) is 68.0 Å². The molecule has 0 aromatic rings. The highest BCUT2D eigenvalue weighted by Crippen LogP contribution is 2.75. The van der Waals surface area contributed by atoms with Crippen molar-refractivity contribution in [2.45, 2.75) is 253 Å². The SMILES string of the molecule is COC(=O)[C@@H](CC(C)C)NC(=O)C1OC(OC2C(OC3CC[C@@]4(C)C(CC[C@]5(C)C4C(=O)C=C4C6C[C@@](C)(C(=O)N[C@H](CC(C)C)C(=O)OC)CC[C@]6(C)CC[C@]45C)C3(C)C)OC(C(=O)N[C@H](CC(C)C)C(=O)OC)C(O)C2O)C(O)C(O)C1O. The van der Waals surface area contributed by atoms with Crippen LogP contribution in [0.2, 0.25) is 0 Å². The fourth-order valence-electron chi connectivity index (χ4n) is 16.7. The van der Waals surface area contributed by atoms with E-state index in [9.17, 15) is 54.3 Å². The Morgan fingerprint density at radius 1 is 0.588 bits per heavy atom. The van der Waals surface area contributed by atoms with Gasteiger partial charge in [0.15, 0.2) is 30.6 Å². The van der Waals surface area contributed by atoms with E-state index in [2.05, 4.69) is 43.6 Å². The average Bonchev–Trinajstić information content (AvgIpc) is 0.710. The van der Waals surface area contributed by atoms with Crippen LogP contribution in [0.3, 0.4) is 0 Å². The molecule has 22 nitrogen and oxygen atoms in total. The van der Waals surface area contributed by atoms with E-state index >= 15 is 4.79 Å². The van der Waals surface area contributed by atoms with Gasteiger partial charge in [0.1, 0.15) is 54.7 Å². The van der Waals surface area contributed by atoms with Gasteiger partial charge in [-0.1, -0.05) is 95.6 Å². The minimum Gasteiger partial charge on any atom is -0.467 e. The van der Waals surface area contributed by atoms with Gasteiger partial charge < -0.3 is 74.6 Å². The Kier molecular flexibility index (Phi) is 20.7. The van der Waals surface area contributed by atoms with Crippen molar-refractivity contribution in [1.29, 1.82) is 0 Å². The minimum atomic E-state index is -2.09. The van der Waals surface area contributed by atoms with Crippen LogP contribution in [0.4, 0.5) is 0 Å². The molecule has 5 aliphatic carbocycles. The monoisotopic (exact) mass is 1200 g/mol. The van der Waals surface area contributed by atoms with Crippen molar-refractivity contribution < 1.29 is 92.3 Å². The van der Waals surface area contributed by atoms with Crippen molar-refractivity contribution in [2.24, 2.45) is 68.0 Å². The van der Waals surface area contributed by atoms with E-state index in [1.165, 1.54) is 14.2 Å². The lowest BCUT2D eigenvalue weighted by atomic mass is 9.33. The number of carbonyl (C=O) groups is 7. The summed E-state index contributed by atoms with van der Waals surface area (Å²) in [5.41, 5.74) is -2.14. The van der Waals surface area contributed by atoms with Crippen molar-refractivity contribution in [3.05, 3.63) is 11.6 Å². The first kappa shape index (κ1) is 68.4. The lowest BCUT2D eigenvalue weighted by Gasteiger charge is -2.70. The first-order valence-electron chi connectivity index (χ1n) is 30.9. The molecule has 14 unspecified atom stereocenters. The van der Waals surface area contributed by atoms with Gasteiger partial charge in [0.25, 0.3) is 11.8 Å². The lowest BCUT2D eigenvalue weighted by Crippen LogP contribution is -2.69. The number of carbonyl (C=O) groups excluding carboxylic acids is 7. The molecule has 6 fully saturated rings. The minimum absolute atomic E-state index is 0.0462. The highest BCUT2D eigenvalue weighted by atomic mass is 16.8. The summed E-state index contributed by atoms with van der Waals surface area (Å²) in [4.78, 5) is 96.5. The zero-order valence-corrected chi connectivity index (χ0v) is 53.1. The van der Waals surface area contributed by atoms with Crippen molar-refractivity contribution in [2.75, 3.05) is 21.3 Å². The van der Waals surface area contributed by atoms with Crippen LogP contribution in [-0.2, 0) is 66.7 Å². The smallest absolute Gasteiger partial charge is 0.328 e.